The van der Waals surface area contributed by atoms with E-state index in [9.17, 15) is 24.3 Å². The Morgan fingerprint density at radius 3 is 2.22 bits per heavy atom. The molecule has 0 saturated carbocycles. The number of pyridine rings is 1. The van der Waals surface area contributed by atoms with Crippen molar-refractivity contribution in [2.24, 2.45) is 11.8 Å². The number of aliphatic hydroxyl groups excluding tert-OH is 1. The molecule has 254 valence electrons. The van der Waals surface area contributed by atoms with E-state index in [0.717, 1.165) is 18.4 Å². The number of nitrogens with one attached hydrogen (secondary N) is 4. The van der Waals surface area contributed by atoms with Crippen LogP contribution in [0.3, 0.4) is 0 Å². The van der Waals surface area contributed by atoms with Crippen molar-refractivity contribution in [3.05, 3.63) is 66.0 Å². The molecule has 46 heavy (non-hydrogen) atoms. The van der Waals surface area contributed by atoms with E-state index < -0.39 is 42.1 Å². The topological polar surface area (TPSA) is 159 Å². The van der Waals surface area contributed by atoms with Gasteiger partial charge in [0, 0.05) is 25.4 Å². The van der Waals surface area contributed by atoms with Gasteiger partial charge in [0.2, 0.25) is 17.7 Å². The van der Waals surface area contributed by atoms with Crippen molar-refractivity contribution in [1.82, 2.24) is 26.3 Å². The van der Waals surface area contributed by atoms with Crippen LogP contribution in [0.5, 0.6) is 0 Å². The molecular weight excluding hydrogens is 586 g/mol. The van der Waals surface area contributed by atoms with Crippen molar-refractivity contribution in [2.45, 2.75) is 110 Å². The van der Waals surface area contributed by atoms with Crippen LogP contribution in [0.2, 0.25) is 0 Å². The number of unbranched alkanes of at least 4 members (excludes halogenated alkanes) is 1. The lowest BCUT2D eigenvalue weighted by Crippen LogP contribution is -2.57. The molecule has 0 fully saturated rings. The fourth-order valence-electron chi connectivity index (χ4n) is 4.76. The van der Waals surface area contributed by atoms with Crippen molar-refractivity contribution in [2.75, 3.05) is 6.54 Å². The number of benzene rings is 1. The zero-order valence-electron chi connectivity index (χ0n) is 28.0. The quantitative estimate of drug-likeness (QED) is 0.146. The van der Waals surface area contributed by atoms with E-state index in [1.807, 2.05) is 65.0 Å². The second kappa shape index (κ2) is 20.9. The maximum Gasteiger partial charge on any atom is 0.408 e. The maximum atomic E-state index is 13.6. The lowest BCUT2D eigenvalue weighted by molar-refractivity contribution is -0.131. The molecule has 0 radical (unpaired) electrons. The van der Waals surface area contributed by atoms with Crippen LogP contribution in [0.4, 0.5) is 4.79 Å². The van der Waals surface area contributed by atoms with Gasteiger partial charge in [-0.15, -0.1) is 0 Å². The number of ether oxygens (including phenoxy) is 1. The smallest absolute Gasteiger partial charge is 0.408 e. The minimum absolute atomic E-state index is 0.0324. The third-order valence-electron chi connectivity index (χ3n) is 7.72. The number of nitrogens with zero attached hydrogens (tertiary/aromatic N) is 1. The van der Waals surface area contributed by atoms with E-state index in [-0.39, 0.29) is 31.3 Å². The van der Waals surface area contributed by atoms with Crippen molar-refractivity contribution in [3.63, 3.8) is 0 Å². The highest BCUT2D eigenvalue weighted by molar-refractivity contribution is 5.91. The molecule has 0 bridgehead atoms. The van der Waals surface area contributed by atoms with Crippen LogP contribution in [0.1, 0.15) is 84.3 Å². The summed E-state index contributed by atoms with van der Waals surface area (Å²) in [6.07, 6.45) is 4.49. The summed E-state index contributed by atoms with van der Waals surface area (Å²) < 4.78 is 5.36. The highest BCUT2D eigenvalue weighted by Gasteiger charge is 2.31. The molecule has 1 aromatic heterocycles. The number of alkyl carbamates (subject to hydrolysis) is 1. The molecule has 1 unspecified atom stereocenters. The minimum Gasteiger partial charge on any atom is -0.445 e. The van der Waals surface area contributed by atoms with E-state index in [1.54, 1.807) is 24.5 Å². The molecule has 0 aliphatic rings. The second-order valence-corrected chi connectivity index (χ2v) is 12.4. The van der Waals surface area contributed by atoms with Gasteiger partial charge in [-0.05, 0) is 41.9 Å². The number of aromatic nitrogens is 1. The van der Waals surface area contributed by atoms with Crippen LogP contribution >= 0.6 is 0 Å². The van der Waals surface area contributed by atoms with Gasteiger partial charge in [-0.2, -0.15) is 0 Å². The van der Waals surface area contributed by atoms with E-state index in [0.29, 0.717) is 37.3 Å². The molecule has 5 N–H and O–H groups in total. The molecule has 1 heterocycles. The van der Waals surface area contributed by atoms with Gasteiger partial charge in [0.1, 0.15) is 18.7 Å². The molecule has 2 aromatic rings. The number of rotatable bonds is 20. The average Bonchev–Trinajstić information content (AvgIpc) is 3.04. The van der Waals surface area contributed by atoms with Gasteiger partial charge in [-0.1, -0.05) is 90.3 Å². The molecule has 0 spiro atoms. The summed E-state index contributed by atoms with van der Waals surface area (Å²) in [6.45, 7) is 10.5. The summed E-state index contributed by atoms with van der Waals surface area (Å²) in [5, 5.41) is 22.2. The Balaban J connectivity index is 2.15. The first-order valence-corrected chi connectivity index (χ1v) is 16.4. The highest BCUT2D eigenvalue weighted by atomic mass is 16.5. The summed E-state index contributed by atoms with van der Waals surface area (Å²) in [5.74, 6) is -0.852. The number of carbonyl (C=O) groups is 4. The van der Waals surface area contributed by atoms with Gasteiger partial charge >= 0.3 is 6.09 Å². The molecule has 0 aliphatic carbocycles. The Labute approximate surface area is 273 Å². The zero-order chi connectivity index (χ0) is 33.9. The lowest BCUT2D eigenvalue weighted by atomic mass is 9.96. The Morgan fingerprint density at radius 1 is 0.891 bits per heavy atom. The van der Waals surface area contributed by atoms with Crippen LogP contribution in [0.25, 0.3) is 0 Å². The van der Waals surface area contributed by atoms with Crippen LogP contribution < -0.4 is 21.3 Å². The van der Waals surface area contributed by atoms with E-state index >= 15 is 0 Å². The van der Waals surface area contributed by atoms with Gasteiger partial charge < -0.3 is 31.1 Å². The van der Waals surface area contributed by atoms with Crippen molar-refractivity contribution >= 4 is 23.8 Å². The van der Waals surface area contributed by atoms with Gasteiger partial charge in [-0.3, -0.25) is 19.4 Å². The van der Waals surface area contributed by atoms with Gasteiger partial charge in [0.25, 0.3) is 0 Å². The molecule has 2 rings (SSSR count). The summed E-state index contributed by atoms with van der Waals surface area (Å²) in [7, 11) is 0. The minimum atomic E-state index is -1.11. The highest BCUT2D eigenvalue weighted by Crippen LogP contribution is 2.13. The van der Waals surface area contributed by atoms with E-state index in [4.69, 9.17) is 4.74 Å². The number of amides is 4. The summed E-state index contributed by atoms with van der Waals surface area (Å²) in [4.78, 5) is 56.7. The second-order valence-electron chi connectivity index (χ2n) is 12.4. The molecular formula is C35H53N5O6. The Bertz CT molecular complexity index is 1200. The fourth-order valence-corrected chi connectivity index (χ4v) is 4.76. The van der Waals surface area contributed by atoms with Crippen LogP contribution in [0, 0.1) is 11.8 Å². The monoisotopic (exact) mass is 639 g/mol. The van der Waals surface area contributed by atoms with E-state index in [1.165, 1.54) is 0 Å². The first-order chi connectivity index (χ1) is 22.0. The molecule has 5 atom stereocenters. The Morgan fingerprint density at radius 2 is 1.59 bits per heavy atom. The molecule has 11 nitrogen and oxygen atoms in total. The predicted octanol–water partition coefficient (Wildman–Crippen LogP) is 4.04. The summed E-state index contributed by atoms with van der Waals surface area (Å²) in [5.41, 5.74) is 1.51. The number of aliphatic hydroxyl groups is 1. The normalized spacial score (nSPS) is 14.3. The predicted molar refractivity (Wildman–Crippen MR) is 177 cm³/mol. The van der Waals surface area contributed by atoms with Crippen molar-refractivity contribution in [3.8, 4) is 0 Å². The Hall–Kier alpha value is -3.99. The van der Waals surface area contributed by atoms with Crippen LogP contribution in [0.15, 0.2) is 54.9 Å². The van der Waals surface area contributed by atoms with Crippen LogP contribution in [-0.4, -0.2) is 64.7 Å². The third kappa shape index (κ3) is 14.9. The van der Waals surface area contributed by atoms with Gasteiger partial charge in [0.15, 0.2) is 0 Å². The molecule has 0 aliphatic heterocycles. The van der Waals surface area contributed by atoms with Gasteiger partial charge in [-0.25, -0.2) is 4.79 Å². The molecule has 0 saturated heterocycles. The largest absolute Gasteiger partial charge is 0.445 e. The lowest BCUT2D eigenvalue weighted by Gasteiger charge is -2.29. The average molecular weight is 640 g/mol. The number of carbonyl (C=O) groups excluding carboxylic acids is 4. The van der Waals surface area contributed by atoms with E-state index in [2.05, 4.69) is 26.3 Å². The SMILES string of the molecule is CCCC[C@H](NC(=O)[C@H](Cc1cccnc1)NC(=O)OCc1ccccc1)C(=O)N[C@@H](CC(C)C)[C@@H](O)CC(=O)NCC(C)CC. The van der Waals surface area contributed by atoms with Crippen molar-refractivity contribution < 1.29 is 29.0 Å². The summed E-state index contributed by atoms with van der Waals surface area (Å²) in [6, 6.07) is 10.1. The molecule has 4 amide bonds. The standard InChI is InChI=1S/C35H53N5O6/c1-6-8-16-28(33(43)39-29(18-24(3)4)31(41)20-32(42)37-21-25(5)7-2)38-34(44)30(19-27-15-12-17-36-22-27)40-35(45)46-23-26-13-10-9-11-14-26/h9-15,17,22,24-25,28-31,41H,6-8,16,18-21,23H2,1-5H3,(H,37,42)(H,38,44)(H,39,43)(H,40,45)/t25?,28-,29-,30-,31-/m0/s1. The molecule has 11 heteroatoms. The van der Waals surface area contributed by atoms with Crippen LogP contribution in [-0.2, 0) is 32.1 Å². The summed E-state index contributed by atoms with van der Waals surface area (Å²) >= 11 is 0. The Kier molecular flexibility index (Phi) is 17.4. The molecule has 1 aromatic carbocycles. The maximum absolute atomic E-state index is 13.6. The first-order valence-electron chi connectivity index (χ1n) is 16.4. The number of hydrogen-bond donors (Lipinski definition) is 5. The van der Waals surface area contributed by atoms with Gasteiger partial charge in [0.05, 0.1) is 18.6 Å². The number of hydrogen-bond acceptors (Lipinski definition) is 7. The zero-order valence-corrected chi connectivity index (χ0v) is 28.0. The third-order valence-corrected chi connectivity index (χ3v) is 7.72. The first kappa shape index (κ1) is 38.2. The fraction of sp³-hybridized carbons (Fsp3) is 0.571. The van der Waals surface area contributed by atoms with Crippen molar-refractivity contribution in [1.29, 1.82) is 0 Å².